The van der Waals surface area contributed by atoms with Gasteiger partial charge in [-0.15, -0.1) is 0 Å². The van der Waals surface area contributed by atoms with E-state index in [1.807, 2.05) is 90.8 Å². The van der Waals surface area contributed by atoms with Crippen LogP contribution in [-0.2, 0) is 20.9 Å². The molecule has 2 aromatic rings. The molecule has 0 saturated heterocycles. The number of esters is 1. The van der Waals surface area contributed by atoms with E-state index in [0.29, 0.717) is 30.2 Å². The lowest BCUT2D eigenvalue weighted by Crippen LogP contribution is -2.38. The largest absolute Gasteiger partial charge is 0.489 e. The van der Waals surface area contributed by atoms with Crippen LogP contribution in [0.25, 0.3) is 0 Å². The van der Waals surface area contributed by atoms with Crippen molar-refractivity contribution in [3.8, 4) is 5.75 Å². The zero-order chi connectivity index (χ0) is 26.4. The number of ether oxygens (including phenoxy) is 2. The molecule has 0 saturated carbocycles. The molecule has 0 aliphatic carbocycles. The van der Waals surface area contributed by atoms with E-state index in [1.54, 1.807) is 0 Å². The summed E-state index contributed by atoms with van der Waals surface area (Å²) in [6, 6.07) is 17.1. The monoisotopic (exact) mass is 520 g/mol. The Kier molecular flexibility index (Phi) is 8.68. The van der Waals surface area contributed by atoms with Crippen LogP contribution in [0, 0.1) is 0 Å². The molecular weight excluding hydrogens is 488 g/mol. The van der Waals surface area contributed by atoms with Crippen molar-refractivity contribution in [2.24, 2.45) is 4.99 Å². The Hall–Kier alpha value is -3.56. The quantitative estimate of drug-likeness (QED) is 0.473. The first kappa shape index (κ1) is 26.5. The van der Waals surface area contributed by atoms with Gasteiger partial charge in [0.15, 0.2) is 5.17 Å². The second-order valence-electron chi connectivity index (χ2n) is 9.06. The van der Waals surface area contributed by atoms with Crippen LogP contribution in [0.1, 0.15) is 30.5 Å². The Morgan fingerprint density at radius 2 is 1.92 bits per heavy atom. The molecule has 0 fully saturated rings. The maximum Gasteiger partial charge on any atom is 0.338 e. The first-order valence-corrected chi connectivity index (χ1v) is 13.0. The van der Waals surface area contributed by atoms with E-state index in [2.05, 4.69) is 10.3 Å². The van der Waals surface area contributed by atoms with Gasteiger partial charge in [-0.1, -0.05) is 54.2 Å². The maximum atomic E-state index is 13.0. The molecule has 1 atom stereocenters. The van der Waals surface area contributed by atoms with Gasteiger partial charge >= 0.3 is 5.97 Å². The molecular formula is C28H32N4O4S. The lowest BCUT2D eigenvalue weighted by Gasteiger charge is -2.36. The van der Waals surface area contributed by atoms with Gasteiger partial charge in [0.2, 0.25) is 5.91 Å². The summed E-state index contributed by atoms with van der Waals surface area (Å²) < 4.78 is 11.2. The third kappa shape index (κ3) is 6.42. The Morgan fingerprint density at radius 3 is 2.65 bits per heavy atom. The van der Waals surface area contributed by atoms with Crippen molar-refractivity contribution in [2.45, 2.75) is 26.0 Å². The number of hydrogen-bond acceptors (Lipinski definition) is 8. The normalized spacial score (nSPS) is 16.8. The molecule has 1 unspecified atom stereocenters. The number of amides is 1. The van der Waals surface area contributed by atoms with Crippen LogP contribution in [0.3, 0.4) is 0 Å². The molecule has 0 spiro atoms. The van der Waals surface area contributed by atoms with Crippen molar-refractivity contribution in [1.29, 1.82) is 0 Å². The average Bonchev–Trinajstić information content (AvgIpc) is 3.28. The van der Waals surface area contributed by atoms with Gasteiger partial charge in [-0.2, -0.15) is 0 Å². The molecule has 37 heavy (non-hydrogen) atoms. The number of rotatable bonds is 10. The van der Waals surface area contributed by atoms with Gasteiger partial charge in [-0.25, -0.2) is 9.79 Å². The molecule has 1 amide bonds. The molecule has 0 radical (unpaired) electrons. The van der Waals surface area contributed by atoms with E-state index >= 15 is 0 Å². The van der Waals surface area contributed by atoms with Gasteiger partial charge in [0, 0.05) is 18.8 Å². The van der Waals surface area contributed by atoms with Crippen molar-refractivity contribution in [3.05, 3.63) is 88.1 Å². The first-order chi connectivity index (χ1) is 17.9. The van der Waals surface area contributed by atoms with E-state index < -0.39 is 12.0 Å². The number of fused-ring (bicyclic) bond motifs is 1. The first-order valence-electron chi connectivity index (χ1n) is 12.1. The fourth-order valence-electron chi connectivity index (χ4n) is 4.22. The highest BCUT2D eigenvalue weighted by atomic mass is 32.2. The highest BCUT2D eigenvalue weighted by molar-refractivity contribution is 8.16. The highest BCUT2D eigenvalue weighted by Gasteiger charge is 2.41. The van der Waals surface area contributed by atoms with Gasteiger partial charge in [-0.3, -0.25) is 4.79 Å². The predicted octanol–water partition coefficient (Wildman–Crippen LogP) is 4.08. The summed E-state index contributed by atoms with van der Waals surface area (Å²) in [5.41, 5.74) is 3.72. The zero-order valence-electron chi connectivity index (χ0n) is 21.6. The van der Waals surface area contributed by atoms with Gasteiger partial charge < -0.3 is 24.6 Å². The van der Waals surface area contributed by atoms with Crippen LogP contribution < -0.4 is 10.1 Å². The van der Waals surface area contributed by atoms with Crippen molar-refractivity contribution in [1.82, 2.24) is 15.1 Å². The Morgan fingerprint density at radius 1 is 1.14 bits per heavy atom. The van der Waals surface area contributed by atoms with Crippen LogP contribution in [0.4, 0.5) is 0 Å². The smallest absolute Gasteiger partial charge is 0.338 e. The minimum absolute atomic E-state index is 0.0838. The molecule has 9 heteroatoms. The minimum atomic E-state index is -0.504. The number of carbonyl (C=O) groups is 2. The number of aliphatic imine (C=N–C) groups is 1. The summed E-state index contributed by atoms with van der Waals surface area (Å²) in [6.45, 7) is 3.55. The Labute approximate surface area is 222 Å². The van der Waals surface area contributed by atoms with E-state index in [-0.39, 0.29) is 12.3 Å². The SMILES string of the molecule is COC(=O)C1=C(C)N=C2SC=C(CC(=O)NCCN(C)C)N2C1c1cccc(OCc2ccccc2)c1. The molecule has 8 nitrogen and oxygen atoms in total. The number of thioether (sulfide) groups is 1. The molecule has 4 rings (SSSR count). The van der Waals surface area contributed by atoms with Crippen molar-refractivity contribution in [2.75, 3.05) is 34.3 Å². The summed E-state index contributed by atoms with van der Waals surface area (Å²) in [7, 11) is 5.29. The number of benzene rings is 2. The second kappa shape index (κ2) is 12.1. The van der Waals surface area contributed by atoms with Crippen LogP contribution in [-0.4, -0.2) is 61.1 Å². The minimum Gasteiger partial charge on any atom is -0.489 e. The van der Waals surface area contributed by atoms with Crippen molar-refractivity contribution < 1.29 is 19.1 Å². The topological polar surface area (TPSA) is 83.5 Å². The van der Waals surface area contributed by atoms with Crippen LogP contribution >= 0.6 is 11.8 Å². The highest BCUT2D eigenvalue weighted by Crippen LogP contribution is 2.45. The van der Waals surface area contributed by atoms with Gasteiger partial charge in [-0.05, 0) is 49.7 Å². The molecule has 2 aromatic carbocycles. The third-order valence-electron chi connectivity index (χ3n) is 6.05. The van der Waals surface area contributed by atoms with Gasteiger partial charge in [0.05, 0.1) is 30.8 Å². The van der Waals surface area contributed by atoms with Crippen LogP contribution in [0.15, 0.2) is 82.0 Å². The second-order valence-corrected chi connectivity index (χ2v) is 9.90. The molecule has 1 N–H and O–H groups in total. The van der Waals surface area contributed by atoms with E-state index in [0.717, 1.165) is 28.5 Å². The fourth-order valence-corrected chi connectivity index (χ4v) is 5.18. The standard InChI is InChI=1S/C28H32N4O4S/c1-19-25(27(34)35-4)26(21-11-8-12-23(15-21)36-17-20-9-6-5-7-10-20)32-22(18-37-28(32)30-19)16-24(33)29-13-14-31(2)3/h5-12,15,18,26H,13-14,16-17H2,1-4H3,(H,29,33). The molecule has 2 aliphatic rings. The molecule has 194 valence electrons. The number of likely N-dealkylation sites (N-methyl/N-ethyl adjacent to an activating group) is 1. The van der Waals surface area contributed by atoms with Gasteiger partial charge in [0.1, 0.15) is 12.4 Å². The summed E-state index contributed by atoms with van der Waals surface area (Å²) >= 11 is 1.45. The van der Waals surface area contributed by atoms with Crippen molar-refractivity contribution >= 4 is 28.8 Å². The van der Waals surface area contributed by atoms with Crippen LogP contribution in [0.2, 0.25) is 0 Å². The number of amidine groups is 1. The number of hydrogen-bond donors (Lipinski definition) is 1. The zero-order valence-corrected chi connectivity index (χ0v) is 22.4. The lowest BCUT2D eigenvalue weighted by molar-refractivity contribution is -0.136. The summed E-state index contributed by atoms with van der Waals surface area (Å²) in [6.07, 6.45) is 0.174. The van der Waals surface area contributed by atoms with E-state index in [4.69, 9.17) is 9.47 Å². The average molecular weight is 521 g/mol. The number of carbonyl (C=O) groups excluding carboxylic acids is 2. The number of methoxy groups -OCH3 is 1. The van der Waals surface area contributed by atoms with E-state index in [1.165, 1.54) is 18.9 Å². The lowest BCUT2D eigenvalue weighted by atomic mass is 9.93. The maximum absolute atomic E-state index is 13.0. The number of nitrogens with one attached hydrogen (secondary N) is 1. The molecule has 2 aliphatic heterocycles. The summed E-state index contributed by atoms with van der Waals surface area (Å²) in [5.74, 6) is 0.151. The number of allylic oxidation sites excluding steroid dienone is 1. The Bertz CT molecular complexity index is 1240. The fraction of sp³-hybridized carbons (Fsp3) is 0.321. The van der Waals surface area contributed by atoms with Crippen LogP contribution in [0.5, 0.6) is 5.75 Å². The summed E-state index contributed by atoms with van der Waals surface area (Å²) in [4.78, 5) is 34.4. The molecule has 0 bridgehead atoms. The number of nitrogens with zero attached hydrogens (tertiary/aromatic N) is 3. The van der Waals surface area contributed by atoms with Crippen molar-refractivity contribution in [3.63, 3.8) is 0 Å². The van der Waals surface area contributed by atoms with E-state index in [9.17, 15) is 9.59 Å². The Balaban J connectivity index is 1.61. The predicted molar refractivity (Wildman–Crippen MR) is 146 cm³/mol. The molecule has 0 aromatic heterocycles. The third-order valence-corrected chi connectivity index (χ3v) is 6.94. The summed E-state index contributed by atoms with van der Waals surface area (Å²) in [5, 5.41) is 5.62. The van der Waals surface area contributed by atoms with Gasteiger partial charge in [0.25, 0.3) is 0 Å². The molecule has 2 heterocycles.